The highest BCUT2D eigenvalue weighted by molar-refractivity contribution is 6.03. The highest BCUT2D eigenvalue weighted by Crippen LogP contribution is 2.03. The molecule has 0 spiro atoms. The highest BCUT2D eigenvalue weighted by atomic mass is 16.5. The summed E-state index contributed by atoms with van der Waals surface area (Å²) in [6.45, 7) is 0. The molecule has 1 N–H and O–H groups in total. The van der Waals surface area contributed by atoms with Crippen molar-refractivity contribution in [2.45, 2.75) is 0 Å². The van der Waals surface area contributed by atoms with Crippen LogP contribution in [0.25, 0.3) is 0 Å². The maximum Gasteiger partial charge on any atom is 0.291 e. The fourth-order valence-corrected chi connectivity index (χ4v) is 1.20. The molecule has 0 bridgehead atoms. The van der Waals surface area contributed by atoms with Crippen LogP contribution in [0.2, 0.25) is 0 Å². The van der Waals surface area contributed by atoms with Crippen molar-refractivity contribution in [2.75, 3.05) is 5.32 Å². The Morgan fingerprint density at radius 3 is 2.62 bits per heavy atom. The van der Waals surface area contributed by atoms with Gasteiger partial charge in [0.1, 0.15) is 0 Å². The van der Waals surface area contributed by atoms with Crippen molar-refractivity contribution in [3.05, 3.63) is 59.7 Å². The second-order valence-electron chi connectivity index (χ2n) is 3.13. The SMILES string of the molecule is O=C(Nc1cc[n+]([O-])cn1)c1ccccc1. The zero-order valence-electron chi connectivity index (χ0n) is 8.33. The first-order chi connectivity index (χ1) is 7.75. The summed E-state index contributed by atoms with van der Waals surface area (Å²) in [7, 11) is 0. The molecule has 16 heavy (non-hydrogen) atoms. The van der Waals surface area contributed by atoms with E-state index in [4.69, 9.17) is 0 Å². The smallest absolute Gasteiger partial charge is 0.291 e. The average Bonchev–Trinajstić information content (AvgIpc) is 2.33. The molecular weight excluding hydrogens is 206 g/mol. The number of nitrogens with zero attached hydrogens (tertiary/aromatic N) is 2. The number of rotatable bonds is 2. The van der Waals surface area contributed by atoms with E-state index >= 15 is 0 Å². The zero-order valence-corrected chi connectivity index (χ0v) is 8.33. The summed E-state index contributed by atoms with van der Waals surface area (Å²) < 4.78 is 0.554. The van der Waals surface area contributed by atoms with E-state index < -0.39 is 0 Å². The van der Waals surface area contributed by atoms with E-state index in [0.717, 1.165) is 6.33 Å². The molecule has 0 aliphatic rings. The van der Waals surface area contributed by atoms with Gasteiger partial charge in [-0.3, -0.25) is 10.1 Å². The van der Waals surface area contributed by atoms with Crippen molar-refractivity contribution in [3.8, 4) is 0 Å². The molecule has 1 aromatic carbocycles. The van der Waals surface area contributed by atoms with Crippen molar-refractivity contribution < 1.29 is 9.52 Å². The molecule has 0 saturated carbocycles. The fraction of sp³-hybridized carbons (Fsp3) is 0. The first-order valence-corrected chi connectivity index (χ1v) is 4.67. The molecule has 5 heteroatoms. The normalized spacial score (nSPS) is 9.75. The molecule has 0 fully saturated rings. The van der Waals surface area contributed by atoms with Gasteiger partial charge in [-0.1, -0.05) is 18.2 Å². The zero-order chi connectivity index (χ0) is 11.4. The average molecular weight is 215 g/mol. The fourth-order valence-electron chi connectivity index (χ4n) is 1.20. The quantitative estimate of drug-likeness (QED) is 0.599. The summed E-state index contributed by atoms with van der Waals surface area (Å²) in [4.78, 5) is 15.4. The summed E-state index contributed by atoms with van der Waals surface area (Å²) in [5, 5.41) is 13.3. The van der Waals surface area contributed by atoms with E-state index in [1.54, 1.807) is 24.3 Å². The summed E-state index contributed by atoms with van der Waals surface area (Å²) in [5.41, 5.74) is 0.545. The van der Waals surface area contributed by atoms with Crippen LogP contribution in [0.5, 0.6) is 0 Å². The lowest BCUT2D eigenvalue weighted by atomic mass is 10.2. The number of nitrogens with one attached hydrogen (secondary N) is 1. The van der Waals surface area contributed by atoms with E-state index in [-0.39, 0.29) is 5.91 Å². The molecule has 1 aromatic heterocycles. The van der Waals surface area contributed by atoms with Crippen LogP contribution in [0.4, 0.5) is 5.82 Å². The Morgan fingerprint density at radius 1 is 1.25 bits per heavy atom. The Hall–Kier alpha value is -2.43. The summed E-state index contributed by atoms with van der Waals surface area (Å²) in [6, 6.07) is 10.2. The van der Waals surface area contributed by atoms with E-state index in [1.165, 1.54) is 12.3 Å². The van der Waals surface area contributed by atoms with Gasteiger partial charge in [0.2, 0.25) is 0 Å². The molecule has 2 rings (SSSR count). The molecule has 1 heterocycles. The molecule has 0 aliphatic carbocycles. The molecule has 80 valence electrons. The van der Waals surface area contributed by atoms with E-state index in [9.17, 15) is 10.0 Å². The number of carbonyl (C=O) groups is 1. The first kappa shape index (κ1) is 10.1. The molecule has 0 radical (unpaired) electrons. The van der Waals surface area contributed by atoms with Crippen molar-refractivity contribution in [1.29, 1.82) is 0 Å². The Labute approximate surface area is 92.0 Å². The Kier molecular flexibility index (Phi) is 2.77. The van der Waals surface area contributed by atoms with Crippen LogP contribution in [-0.4, -0.2) is 10.9 Å². The Morgan fingerprint density at radius 2 is 2.00 bits per heavy atom. The van der Waals surface area contributed by atoms with Crippen molar-refractivity contribution in [2.24, 2.45) is 0 Å². The van der Waals surface area contributed by atoms with E-state index in [2.05, 4.69) is 10.3 Å². The van der Waals surface area contributed by atoms with Gasteiger partial charge < -0.3 is 5.21 Å². The third-order valence-corrected chi connectivity index (χ3v) is 1.97. The summed E-state index contributed by atoms with van der Waals surface area (Å²) >= 11 is 0. The van der Waals surface area contributed by atoms with Crippen LogP contribution in [0.15, 0.2) is 48.9 Å². The molecule has 5 nitrogen and oxygen atoms in total. The number of hydrogen-bond donors (Lipinski definition) is 1. The minimum absolute atomic E-state index is 0.253. The second-order valence-corrected chi connectivity index (χ2v) is 3.13. The number of hydrogen-bond acceptors (Lipinski definition) is 3. The number of aromatic nitrogens is 2. The number of benzene rings is 1. The summed E-state index contributed by atoms with van der Waals surface area (Å²) in [6.07, 6.45) is 2.36. The lowest BCUT2D eigenvalue weighted by Gasteiger charge is -2.01. The predicted octanol–water partition coefficient (Wildman–Crippen LogP) is 0.967. The van der Waals surface area contributed by atoms with Crippen LogP contribution in [0.1, 0.15) is 10.4 Å². The van der Waals surface area contributed by atoms with E-state index in [0.29, 0.717) is 16.1 Å². The molecule has 0 atom stereocenters. The number of amides is 1. The van der Waals surface area contributed by atoms with Gasteiger partial charge in [0.15, 0.2) is 0 Å². The molecule has 2 aromatic rings. The van der Waals surface area contributed by atoms with Crippen LogP contribution >= 0.6 is 0 Å². The molecule has 1 amide bonds. The molecule has 0 unspecified atom stereocenters. The van der Waals surface area contributed by atoms with Crippen molar-refractivity contribution in [3.63, 3.8) is 0 Å². The molecule has 0 aliphatic heterocycles. The van der Waals surface area contributed by atoms with Crippen LogP contribution in [0.3, 0.4) is 0 Å². The number of carbonyl (C=O) groups excluding carboxylic acids is 1. The minimum atomic E-state index is -0.253. The molecule has 0 saturated heterocycles. The maximum atomic E-state index is 11.7. The predicted molar refractivity (Wildman–Crippen MR) is 57.6 cm³/mol. The summed E-state index contributed by atoms with van der Waals surface area (Å²) in [5.74, 6) is 0.0951. The van der Waals surface area contributed by atoms with Gasteiger partial charge >= 0.3 is 0 Å². The lowest BCUT2D eigenvalue weighted by molar-refractivity contribution is -0.608. The minimum Gasteiger partial charge on any atom is -0.711 e. The molecular formula is C11H9N3O2. The largest absolute Gasteiger partial charge is 0.711 e. The van der Waals surface area contributed by atoms with Crippen LogP contribution in [0, 0.1) is 5.21 Å². The van der Waals surface area contributed by atoms with Gasteiger partial charge in [-0.2, -0.15) is 0 Å². The van der Waals surface area contributed by atoms with Crippen LogP contribution < -0.4 is 10.0 Å². The Balaban J connectivity index is 2.11. The topological polar surface area (TPSA) is 68.9 Å². The van der Waals surface area contributed by atoms with Crippen molar-refractivity contribution >= 4 is 11.7 Å². The monoisotopic (exact) mass is 215 g/mol. The van der Waals surface area contributed by atoms with Crippen LogP contribution in [-0.2, 0) is 0 Å². The van der Waals surface area contributed by atoms with Gasteiger partial charge in [0.05, 0.1) is 6.20 Å². The van der Waals surface area contributed by atoms with Crippen molar-refractivity contribution in [1.82, 2.24) is 4.98 Å². The first-order valence-electron chi connectivity index (χ1n) is 4.67. The highest BCUT2D eigenvalue weighted by Gasteiger charge is 2.08. The van der Waals surface area contributed by atoms with Gasteiger partial charge in [0, 0.05) is 11.6 Å². The van der Waals surface area contributed by atoms with E-state index in [1.807, 2.05) is 6.07 Å². The van der Waals surface area contributed by atoms with Gasteiger partial charge in [-0.25, -0.2) is 4.73 Å². The van der Waals surface area contributed by atoms with Gasteiger partial charge in [0.25, 0.3) is 18.1 Å². The number of anilines is 1. The van der Waals surface area contributed by atoms with Gasteiger partial charge in [-0.05, 0) is 17.1 Å². The maximum absolute atomic E-state index is 11.7. The second kappa shape index (κ2) is 4.39. The Bertz CT molecular complexity index is 482. The standard InChI is InChI=1S/C11H9N3O2/c15-11(9-4-2-1-3-5-9)13-10-6-7-14(16)8-12-10/h1-8H,(H,12,13,15). The third-order valence-electron chi connectivity index (χ3n) is 1.97. The third kappa shape index (κ3) is 2.33. The lowest BCUT2D eigenvalue weighted by Crippen LogP contribution is -2.25. The van der Waals surface area contributed by atoms with Gasteiger partial charge in [-0.15, -0.1) is 0 Å².